The first kappa shape index (κ1) is 15.7. The molecule has 2 rings (SSSR count). The second-order valence-electron chi connectivity index (χ2n) is 6.35. The lowest BCUT2D eigenvalue weighted by Gasteiger charge is -2.36. The van der Waals surface area contributed by atoms with Crippen molar-refractivity contribution in [2.45, 2.75) is 58.2 Å². The van der Waals surface area contributed by atoms with Crippen molar-refractivity contribution < 1.29 is 9.53 Å². The van der Waals surface area contributed by atoms with Crippen LogP contribution in [0.4, 0.5) is 4.79 Å². The van der Waals surface area contributed by atoms with Crippen molar-refractivity contribution in [2.24, 2.45) is 5.73 Å². The Hall–Kier alpha value is -1.69. The minimum Gasteiger partial charge on any atom is -0.444 e. The van der Waals surface area contributed by atoms with Gasteiger partial charge in [-0.05, 0) is 40.2 Å². The largest absolute Gasteiger partial charge is 0.444 e. The molecule has 6 nitrogen and oxygen atoms in total. The molecule has 1 aliphatic rings. The average molecular weight is 292 g/mol. The van der Waals surface area contributed by atoms with Gasteiger partial charge in [0.1, 0.15) is 5.60 Å². The zero-order valence-electron chi connectivity index (χ0n) is 13.0. The molecule has 1 aliphatic heterocycles. The number of rotatable bonds is 3. The fraction of sp³-hybridized carbons (Fsp3) is 0.667. The van der Waals surface area contributed by atoms with E-state index in [0.29, 0.717) is 19.5 Å². The lowest BCUT2D eigenvalue weighted by atomic mass is 9.98. The topological polar surface area (TPSA) is 81.3 Å². The Labute approximate surface area is 125 Å². The number of fused-ring (bicyclic) bond motifs is 1. The van der Waals surface area contributed by atoms with Crippen molar-refractivity contribution in [1.82, 2.24) is 14.9 Å². The van der Waals surface area contributed by atoms with Crippen LogP contribution >= 0.6 is 0 Å². The summed E-state index contributed by atoms with van der Waals surface area (Å²) in [6.45, 7) is 6.69. The minimum absolute atomic E-state index is 0.0765. The minimum atomic E-state index is -0.502. The van der Waals surface area contributed by atoms with Gasteiger partial charge in [0.05, 0.1) is 17.9 Å². The Balaban J connectivity index is 2.17. The van der Waals surface area contributed by atoms with Crippen LogP contribution in [0.25, 0.3) is 0 Å². The normalized spacial score (nSPS) is 18.3. The lowest BCUT2D eigenvalue weighted by molar-refractivity contribution is 0.0102. The Morgan fingerprint density at radius 3 is 2.67 bits per heavy atom. The highest BCUT2D eigenvalue weighted by atomic mass is 16.6. The van der Waals surface area contributed by atoms with Crippen LogP contribution < -0.4 is 5.73 Å². The number of carbonyl (C=O) groups is 1. The summed E-state index contributed by atoms with van der Waals surface area (Å²) in [5, 5.41) is 0. The molecular weight excluding hydrogens is 268 g/mol. The Morgan fingerprint density at radius 2 is 2.05 bits per heavy atom. The van der Waals surface area contributed by atoms with Gasteiger partial charge in [-0.1, -0.05) is 0 Å². The Kier molecular flexibility index (Phi) is 4.77. The van der Waals surface area contributed by atoms with Crippen LogP contribution in [-0.2, 0) is 17.7 Å². The molecule has 116 valence electrons. The molecule has 0 fully saturated rings. The van der Waals surface area contributed by atoms with Gasteiger partial charge < -0.3 is 10.5 Å². The van der Waals surface area contributed by atoms with Crippen LogP contribution in [0, 0.1) is 0 Å². The van der Waals surface area contributed by atoms with Gasteiger partial charge in [-0.2, -0.15) is 0 Å². The van der Waals surface area contributed by atoms with Gasteiger partial charge in [-0.25, -0.2) is 4.79 Å². The molecule has 1 amide bonds. The first-order valence-electron chi connectivity index (χ1n) is 7.39. The smallest absolute Gasteiger partial charge is 0.410 e. The maximum Gasteiger partial charge on any atom is 0.410 e. The maximum absolute atomic E-state index is 12.4. The van der Waals surface area contributed by atoms with E-state index in [1.807, 2.05) is 20.8 Å². The van der Waals surface area contributed by atoms with Crippen LogP contribution in [0.5, 0.6) is 0 Å². The van der Waals surface area contributed by atoms with Gasteiger partial charge in [-0.3, -0.25) is 14.9 Å². The van der Waals surface area contributed by atoms with E-state index < -0.39 is 5.60 Å². The van der Waals surface area contributed by atoms with Gasteiger partial charge in [0.15, 0.2) is 0 Å². The van der Waals surface area contributed by atoms with E-state index in [4.69, 9.17) is 10.5 Å². The van der Waals surface area contributed by atoms with Gasteiger partial charge in [0, 0.05) is 24.9 Å². The molecule has 0 bridgehead atoms. The summed E-state index contributed by atoms with van der Waals surface area (Å²) < 4.78 is 5.51. The standard InChI is InChI=1S/C15H24N4O2/c1-15(2,3)21-14(20)19-10-13-12(17-7-8-18-13)9-11(19)5-4-6-16/h7-8,11H,4-6,9-10,16H2,1-3H3. The number of hydrogen-bond acceptors (Lipinski definition) is 5. The molecule has 0 saturated carbocycles. The summed E-state index contributed by atoms with van der Waals surface area (Å²) in [4.78, 5) is 22.9. The molecule has 0 radical (unpaired) electrons. The fourth-order valence-corrected chi connectivity index (χ4v) is 2.47. The number of nitrogens with zero attached hydrogens (tertiary/aromatic N) is 3. The lowest BCUT2D eigenvalue weighted by Crippen LogP contribution is -2.47. The number of carbonyl (C=O) groups excluding carboxylic acids is 1. The summed E-state index contributed by atoms with van der Waals surface area (Å²) in [5.74, 6) is 0. The highest BCUT2D eigenvalue weighted by Gasteiger charge is 2.33. The third kappa shape index (κ3) is 4.14. The molecule has 0 saturated heterocycles. The van der Waals surface area contributed by atoms with E-state index in [2.05, 4.69) is 9.97 Å². The Morgan fingerprint density at radius 1 is 1.38 bits per heavy atom. The summed E-state index contributed by atoms with van der Waals surface area (Å²) in [6.07, 6.45) is 5.50. The van der Waals surface area contributed by atoms with Crippen molar-refractivity contribution >= 4 is 6.09 Å². The molecule has 0 aromatic carbocycles. The van der Waals surface area contributed by atoms with E-state index in [-0.39, 0.29) is 12.1 Å². The highest BCUT2D eigenvalue weighted by molar-refractivity contribution is 5.69. The number of nitrogens with two attached hydrogens (primary N) is 1. The van der Waals surface area contributed by atoms with Gasteiger partial charge >= 0.3 is 6.09 Å². The molecule has 21 heavy (non-hydrogen) atoms. The number of ether oxygens (including phenoxy) is 1. The molecule has 1 atom stereocenters. The van der Waals surface area contributed by atoms with Crippen LogP contribution in [0.15, 0.2) is 12.4 Å². The molecule has 2 heterocycles. The monoisotopic (exact) mass is 292 g/mol. The van der Waals surface area contributed by atoms with Crippen molar-refractivity contribution in [3.63, 3.8) is 0 Å². The molecule has 0 aliphatic carbocycles. The first-order valence-corrected chi connectivity index (χ1v) is 7.39. The van der Waals surface area contributed by atoms with Gasteiger partial charge in [0.2, 0.25) is 0 Å². The molecule has 0 spiro atoms. The number of aromatic nitrogens is 2. The van der Waals surface area contributed by atoms with E-state index in [9.17, 15) is 4.79 Å². The SMILES string of the molecule is CC(C)(C)OC(=O)N1Cc2nccnc2CC1CCCN. The molecule has 1 aromatic heterocycles. The highest BCUT2D eigenvalue weighted by Crippen LogP contribution is 2.25. The predicted molar refractivity (Wildman–Crippen MR) is 79.6 cm³/mol. The van der Waals surface area contributed by atoms with Crippen molar-refractivity contribution in [2.75, 3.05) is 6.54 Å². The van der Waals surface area contributed by atoms with Crippen molar-refractivity contribution in [3.8, 4) is 0 Å². The molecular formula is C15H24N4O2. The van der Waals surface area contributed by atoms with E-state index in [1.165, 1.54) is 0 Å². The van der Waals surface area contributed by atoms with E-state index in [1.54, 1.807) is 17.3 Å². The van der Waals surface area contributed by atoms with Crippen LogP contribution in [0.1, 0.15) is 45.0 Å². The van der Waals surface area contributed by atoms with Crippen LogP contribution in [0.2, 0.25) is 0 Å². The molecule has 6 heteroatoms. The average Bonchev–Trinajstić information content (AvgIpc) is 2.42. The van der Waals surface area contributed by atoms with Crippen molar-refractivity contribution in [3.05, 3.63) is 23.8 Å². The van der Waals surface area contributed by atoms with Gasteiger partial charge in [-0.15, -0.1) is 0 Å². The van der Waals surface area contributed by atoms with Crippen LogP contribution in [-0.4, -0.2) is 39.1 Å². The summed E-state index contributed by atoms with van der Waals surface area (Å²) in [7, 11) is 0. The fourth-order valence-electron chi connectivity index (χ4n) is 2.47. The summed E-state index contributed by atoms with van der Waals surface area (Å²) in [6, 6.07) is 0.0765. The predicted octanol–water partition coefficient (Wildman–Crippen LogP) is 1.88. The summed E-state index contributed by atoms with van der Waals surface area (Å²) >= 11 is 0. The quantitative estimate of drug-likeness (QED) is 0.920. The summed E-state index contributed by atoms with van der Waals surface area (Å²) in [5.41, 5.74) is 6.92. The van der Waals surface area contributed by atoms with Gasteiger partial charge in [0.25, 0.3) is 0 Å². The maximum atomic E-state index is 12.4. The molecule has 1 aromatic rings. The second kappa shape index (κ2) is 6.39. The third-order valence-electron chi connectivity index (χ3n) is 3.42. The van der Waals surface area contributed by atoms with E-state index >= 15 is 0 Å². The zero-order valence-corrected chi connectivity index (χ0v) is 13.0. The third-order valence-corrected chi connectivity index (χ3v) is 3.42. The second-order valence-corrected chi connectivity index (χ2v) is 6.35. The molecule has 2 N–H and O–H groups in total. The van der Waals surface area contributed by atoms with Crippen molar-refractivity contribution in [1.29, 1.82) is 0 Å². The van der Waals surface area contributed by atoms with Crippen LogP contribution in [0.3, 0.4) is 0 Å². The molecule has 1 unspecified atom stereocenters. The zero-order chi connectivity index (χ0) is 15.5. The Bertz CT molecular complexity index is 499. The number of hydrogen-bond donors (Lipinski definition) is 1. The first-order chi connectivity index (χ1) is 9.90. The van der Waals surface area contributed by atoms with E-state index in [0.717, 1.165) is 24.2 Å². The number of amides is 1.